The molecule has 2 aliphatic rings. The molecule has 4 heterocycles. The number of nitrogens with two attached hydrogens (primary N) is 1. The monoisotopic (exact) mass is 3090 g/mol. The van der Waals surface area contributed by atoms with Crippen LogP contribution in [0.1, 0.15) is 24.8 Å². The molecular formula is C28H109FN5O5P79S. The summed E-state index contributed by atoms with van der Waals surface area (Å²) in [5.74, 6) is -0.0905. The van der Waals surface area contributed by atoms with E-state index >= 15 is 0 Å². The van der Waals surface area contributed by atoms with Crippen LogP contribution in [0.2, 0.25) is 0 Å². The highest BCUT2D eigenvalue weighted by atomic mass is 33.6. The third kappa shape index (κ3) is 44.1. The highest BCUT2D eigenvalue weighted by Crippen LogP contribution is 3.52. The summed E-state index contributed by atoms with van der Waals surface area (Å²) in [6.07, 6.45) is 3.94. The van der Waals surface area contributed by atoms with Crippen LogP contribution in [0.3, 0.4) is 0 Å². The van der Waals surface area contributed by atoms with Crippen molar-refractivity contribution in [1.82, 2.24) is 20.4 Å². The molecule has 0 aliphatic carbocycles. The molecule has 4 aromatic rings. The first kappa shape index (κ1) is 140. The Morgan fingerprint density at radius 1 is 0.429 bits per heavy atom. The lowest BCUT2D eigenvalue weighted by Gasteiger charge is -2.62. The fourth-order valence-corrected chi connectivity index (χ4v) is 1170. The number of rotatable bonds is 46. The number of nitrogen functional groups attached to an aromatic ring is 1. The molecule has 2 aliphatic heterocycles. The summed E-state index contributed by atoms with van der Waals surface area (Å²) in [4.78, 5) is 9.04. The van der Waals surface area contributed by atoms with Crippen LogP contribution in [0.15, 0.2) is 64.1 Å². The van der Waals surface area contributed by atoms with E-state index in [-0.39, 0.29) is 285 Å². The summed E-state index contributed by atoms with van der Waals surface area (Å²) in [5.41, 5.74) is 8.81. The van der Waals surface area contributed by atoms with Crippen molar-refractivity contribution in [3.05, 3.63) is 66.1 Å². The van der Waals surface area contributed by atoms with Gasteiger partial charge in [0.25, 0.3) is 0 Å². The normalized spacial score (nSPS) is 17.0. The zero-order valence-corrected chi connectivity index (χ0v) is 144. The van der Waals surface area contributed by atoms with Gasteiger partial charge in [0.2, 0.25) is 0 Å². The molecule has 10 nitrogen and oxygen atoms in total. The minimum absolute atomic E-state index is 0.00108. The molecule has 6 rings (SSSR count). The Labute approximate surface area is 849 Å². The van der Waals surface area contributed by atoms with Crippen LogP contribution in [-0.2, 0) is 25.9 Å². The average molecular weight is 3090 g/mol. The summed E-state index contributed by atoms with van der Waals surface area (Å²) in [6, 6.07) is 12.9. The van der Waals surface area contributed by atoms with Gasteiger partial charge in [-0.15, -0.1) is 357 Å². The Balaban J connectivity index is 0.000000517. The van der Waals surface area contributed by atoms with Crippen LogP contribution < -0.4 is 11.1 Å². The predicted molar refractivity (Wildman–Crippen MR) is 805 cm³/mol. The zero-order chi connectivity index (χ0) is 90.3. The molecule has 45 unspecified atom stereocenters. The van der Waals surface area contributed by atoms with Gasteiger partial charge in [0.15, 0.2) is 27.1 Å². The van der Waals surface area contributed by atoms with E-state index in [1.165, 1.54) is 12.3 Å². The second-order valence-electron chi connectivity index (χ2n) is 22.3. The van der Waals surface area contributed by atoms with E-state index in [0.717, 1.165) is 33.0 Å². The smallest absolute Gasteiger partial charge is 0.189 e. The minimum Gasteiger partial charge on any atom is -0.382 e. The van der Waals surface area contributed by atoms with Crippen molar-refractivity contribution in [2.24, 2.45) is 0 Å². The largest absolute Gasteiger partial charge is 0.382 e. The molecule has 3 N–H and O–H groups in total. The number of nitrogens with one attached hydrogen (secondary N) is 1. The molecule has 2 aromatic heterocycles. The summed E-state index contributed by atoms with van der Waals surface area (Å²) in [5, 5.41) is 6.77. The van der Waals surface area contributed by atoms with Crippen LogP contribution in [0.4, 0.5) is 10.2 Å². The van der Waals surface area contributed by atoms with Crippen molar-refractivity contribution >= 4 is 646 Å². The van der Waals surface area contributed by atoms with Crippen molar-refractivity contribution in [1.29, 1.82) is 0 Å². The molecule has 2 saturated heterocycles. The summed E-state index contributed by atoms with van der Waals surface area (Å²) in [6.45, 7) is -10.9. The van der Waals surface area contributed by atoms with Gasteiger partial charge in [-0.3, -0.25) is 5.32 Å². The van der Waals surface area contributed by atoms with Gasteiger partial charge in [-0.25, -0.2) is 22.8 Å². The maximum Gasteiger partial charge on any atom is 0.189 e. The topological polar surface area (TPSA) is 142 Å². The first-order chi connectivity index (χ1) is 55.3. The molecule has 46 atom stereocenters. The van der Waals surface area contributed by atoms with E-state index in [1.807, 2.05) is 6.07 Å². The lowest BCUT2D eigenvalue weighted by molar-refractivity contribution is 0.0827. The molecule has 0 amide bonds. The second kappa shape index (κ2) is 72.7. The summed E-state index contributed by atoms with van der Waals surface area (Å²) >= 11 is 0. The van der Waals surface area contributed by atoms with E-state index in [2.05, 4.69) is 378 Å². The maximum atomic E-state index is 15.0. The Hall–Kier alpha value is 30.3. The fraction of sp³-hybridized carbons (Fsp3) is 0.321. The number of sulfone groups is 1. The second-order valence-corrected chi connectivity index (χ2v) is 350. The van der Waals surface area contributed by atoms with Crippen molar-refractivity contribution in [3.8, 4) is 34.0 Å². The zero-order valence-electron chi connectivity index (χ0n) is 62.1. The fourth-order valence-electron chi connectivity index (χ4n) is 9.64. The highest BCUT2D eigenvalue weighted by molar-refractivity contribution is 9.58. The van der Waals surface area contributed by atoms with Crippen LogP contribution in [0.25, 0.3) is 34.0 Å². The standard InChI is InChI=1S/C28H28FN5O5S.H81P79/c29-22-12-17(14-31-26-2-1-10-38-26)3-8-21(22)23-13-25(39-34-23)27-28(30)32-15-24(33-27)18-4-6-19(7-5-18)40(35,36)20-9-11-37-16-20;1-41-61(40)71(60(38)39)76(70(58(34)35)59(36)37)79(77(72(62(42(2)3)43(4)5)63(44(6)7)45(8)9)73(64(46(10)11)47(12)13)65(48(14)15)49(16)17)78(74(66(50(18)19)51(20)21)67(52(22)23)53(24)25)75(68(54(26)27)55(28)29)69(56(30)31)57(32)33/h3-8,12-13,15,20,26,31H,1-2,9-11,14,16H2,(H2,30,32);41H,1-40H2/t20?,26-;/m0./s1. The van der Waals surface area contributed by atoms with E-state index in [4.69, 9.17) is 19.7 Å². The molecule has 91 heteroatoms. The molecule has 119 heavy (non-hydrogen) atoms. The first-order valence-electron chi connectivity index (χ1n) is 31.0. The predicted octanol–water partition coefficient (Wildman–Crippen LogP) is 50.3. The Morgan fingerprint density at radius 2 is 0.765 bits per heavy atom. The van der Waals surface area contributed by atoms with Crippen LogP contribution in [0, 0.1) is 5.82 Å². The number of aromatic nitrogens is 3. The van der Waals surface area contributed by atoms with Gasteiger partial charge in [-0.1, -0.05) is 31.3 Å². The Bertz CT molecular complexity index is 3400. The summed E-state index contributed by atoms with van der Waals surface area (Å²) in [7, 11) is 145. The van der Waals surface area contributed by atoms with Gasteiger partial charge in [0.05, 0.1) is 28.6 Å². The number of benzene rings is 2. The molecular weight excluding hydrogens is 2980 g/mol. The Morgan fingerprint density at radius 3 is 1.06 bits per heavy atom. The van der Waals surface area contributed by atoms with E-state index in [1.54, 1.807) is 36.4 Å². The van der Waals surface area contributed by atoms with Crippen LogP contribution in [-0.4, -0.2) is 54.8 Å². The van der Waals surface area contributed by atoms with E-state index in [0.29, 0.717) is 36.5 Å². The van der Waals surface area contributed by atoms with Gasteiger partial charge < -0.3 is 19.7 Å². The van der Waals surface area contributed by atoms with Crippen molar-refractivity contribution in [2.75, 3.05) is 25.6 Å². The number of anilines is 1. The average Bonchev–Trinajstić information content (AvgIpc) is 1.13. The molecule has 0 radical (unpaired) electrons. The van der Waals surface area contributed by atoms with Gasteiger partial charge in [0, 0.05) is 37.0 Å². The Kier molecular flexibility index (Phi) is 85.4. The molecule has 0 bridgehead atoms. The number of hydrogen-bond acceptors (Lipinski definition) is 10. The quantitative estimate of drug-likeness (QED) is 0.0411. The van der Waals surface area contributed by atoms with E-state index in [9.17, 15) is 12.8 Å². The summed E-state index contributed by atoms with van der Waals surface area (Å²) < 4.78 is 56.9. The van der Waals surface area contributed by atoms with Gasteiger partial charge in [-0.2, -0.15) is 0 Å². The molecule has 2 fully saturated rings. The lowest BCUT2D eigenvalue weighted by atomic mass is 10.1. The number of ether oxygens (including phenoxy) is 2. The van der Waals surface area contributed by atoms with Crippen LogP contribution >= 0.6 is 631 Å². The van der Waals surface area contributed by atoms with Crippen molar-refractivity contribution in [3.63, 3.8) is 0 Å². The van der Waals surface area contributed by atoms with Gasteiger partial charge in [0.1, 0.15) is 17.7 Å². The van der Waals surface area contributed by atoms with E-state index < -0.39 is 41.9 Å². The maximum absolute atomic E-state index is 15.0. The SMILES string of the molecule is Nc1ncc(-c2ccc(S(=O)(=O)C3CCOC3)cc2)nc1-c1cc(-c2ccc(CN[C@@H]3CCCO3)cc2F)no1.PPP(P)P(P(P)P)P(P(P(P)P)P(P)P)P(P(P(P(P(P)P)P(P)P)P(P(P)P)P(P)P)P(P(P(P)P)P(P)P)P(P(P)P)P(P)P)P(P(P(P(P)P)P(P)P)P(P(P)P)P(P)P)P(P(P(P)P)P(P)P)P(P(P)P)P(P)P. The molecule has 0 saturated carbocycles. The molecule has 2 aromatic carbocycles. The molecule has 684 valence electrons. The van der Waals surface area contributed by atoms with Gasteiger partial charge >= 0.3 is 0 Å². The van der Waals surface area contributed by atoms with Crippen molar-refractivity contribution in [2.45, 2.75) is 42.2 Å². The number of hydrogen-bond donors (Lipinski definition) is 2. The highest BCUT2D eigenvalue weighted by Gasteiger charge is 2.65. The minimum atomic E-state index is -3.48. The number of nitrogens with zero attached hydrogens (tertiary/aromatic N) is 3. The van der Waals surface area contributed by atoms with Crippen LogP contribution in [0.5, 0.6) is 0 Å². The number of halogens is 1. The first-order valence-corrected chi connectivity index (χ1v) is 176. The molecule has 0 spiro atoms. The lowest BCUT2D eigenvalue weighted by Crippen LogP contribution is -2.27. The third-order valence-electron chi connectivity index (χ3n) is 14.1. The van der Waals surface area contributed by atoms with Crippen molar-refractivity contribution < 1.29 is 26.8 Å². The van der Waals surface area contributed by atoms with Gasteiger partial charge in [-0.05, 0) is 315 Å². The third-order valence-corrected chi connectivity index (χ3v) is 574.